The van der Waals surface area contributed by atoms with E-state index in [-0.39, 0.29) is 30.1 Å². The van der Waals surface area contributed by atoms with E-state index in [0.29, 0.717) is 32.4 Å². The number of rotatable bonds is 8. The number of nitrogens with zero attached hydrogens (tertiary/aromatic N) is 2. The zero-order valence-corrected chi connectivity index (χ0v) is 27.2. The summed E-state index contributed by atoms with van der Waals surface area (Å²) in [5, 5.41) is 9.32. The Morgan fingerprint density at radius 2 is 1.64 bits per heavy atom. The maximum Gasteiger partial charge on any atom is 0.252 e. The fourth-order valence-electron chi connectivity index (χ4n) is 6.69. The molecule has 3 atom stereocenters. The minimum absolute atomic E-state index is 0.00305. The fourth-order valence-corrected chi connectivity index (χ4v) is 7.56. The van der Waals surface area contributed by atoms with Crippen LogP contribution in [0.25, 0.3) is 5.57 Å². The Morgan fingerprint density at radius 3 is 2.39 bits per heavy atom. The van der Waals surface area contributed by atoms with Gasteiger partial charge in [0, 0.05) is 55.9 Å². The molecule has 4 aliphatic rings. The van der Waals surface area contributed by atoms with Crippen LogP contribution in [-0.2, 0) is 11.3 Å². The van der Waals surface area contributed by atoms with Gasteiger partial charge >= 0.3 is 0 Å². The molecule has 0 spiro atoms. The van der Waals surface area contributed by atoms with Gasteiger partial charge in [0.15, 0.2) is 5.75 Å². The molecule has 1 amide bonds. The highest BCUT2D eigenvalue weighted by Gasteiger charge is 2.41. The number of nitrogens with one attached hydrogen (secondary N) is 2. The Labute approximate surface area is 278 Å². The third kappa shape index (κ3) is 6.18. The summed E-state index contributed by atoms with van der Waals surface area (Å²) < 4.78 is 6.21. The normalized spacial score (nSPS) is 23.2. The van der Waals surface area contributed by atoms with E-state index in [1.54, 1.807) is 18.2 Å². The lowest BCUT2D eigenvalue weighted by molar-refractivity contribution is -0.128. The molecule has 0 radical (unpaired) electrons. The molecule has 44 heavy (non-hydrogen) atoms. The zero-order chi connectivity index (χ0) is 30.4. The molecular weight excluding hydrogens is 638 g/mol. The topological polar surface area (TPSA) is 56.8 Å². The first-order valence-electron chi connectivity index (χ1n) is 15.3. The first kappa shape index (κ1) is 30.2. The number of hydrogen-bond acceptors (Lipinski definition) is 5. The van der Waals surface area contributed by atoms with Crippen LogP contribution >= 0.6 is 46.4 Å². The summed E-state index contributed by atoms with van der Waals surface area (Å²) in [6.45, 7) is 3.67. The van der Waals surface area contributed by atoms with Crippen LogP contribution in [0.3, 0.4) is 0 Å². The van der Waals surface area contributed by atoms with Gasteiger partial charge in [0.25, 0.3) is 5.91 Å². The van der Waals surface area contributed by atoms with Gasteiger partial charge in [-0.15, -0.1) is 0 Å². The van der Waals surface area contributed by atoms with Gasteiger partial charge in [0.2, 0.25) is 0 Å². The van der Waals surface area contributed by atoms with Crippen LogP contribution in [0.1, 0.15) is 36.8 Å². The lowest BCUT2D eigenvalue weighted by Crippen LogP contribution is -2.60. The van der Waals surface area contributed by atoms with Gasteiger partial charge in [-0.3, -0.25) is 4.79 Å². The molecule has 7 rings (SSSR count). The molecule has 230 valence electrons. The Bertz CT molecular complexity index is 1570. The molecule has 1 aliphatic carbocycles. The average molecular weight is 672 g/mol. The van der Waals surface area contributed by atoms with Crippen LogP contribution in [0, 0.1) is 0 Å². The standard InChI is InChI=1S/C34H34Cl4N4O2/c35-27-4-1-3-21(32(27)38)18-42(24-11-12-24)34(43)31-26(15-22-16-39-17-30(31)40-22)20-7-9-23(10-8-20)41-14-13-25(19-41)44-33-28(36)5-2-6-29(33)37/h1-10,22,24-25,30,39-40H,11-19H2/t22-,25+,30-/m1/s1. The lowest BCUT2D eigenvalue weighted by atomic mass is 9.83. The van der Waals surface area contributed by atoms with Crippen LogP contribution in [0.2, 0.25) is 20.1 Å². The number of piperazine rings is 1. The van der Waals surface area contributed by atoms with Crippen LogP contribution in [0.5, 0.6) is 5.75 Å². The van der Waals surface area contributed by atoms with Crippen molar-refractivity contribution in [3.8, 4) is 5.75 Å². The molecule has 3 fully saturated rings. The second-order valence-electron chi connectivity index (χ2n) is 12.1. The molecule has 3 aromatic rings. The van der Waals surface area contributed by atoms with Crippen molar-refractivity contribution in [2.45, 2.75) is 56.5 Å². The molecule has 3 heterocycles. The molecule has 0 aromatic heterocycles. The third-order valence-electron chi connectivity index (χ3n) is 9.08. The minimum atomic E-state index is -0.0473. The summed E-state index contributed by atoms with van der Waals surface area (Å²) in [7, 11) is 0. The first-order valence-corrected chi connectivity index (χ1v) is 16.8. The molecule has 3 aliphatic heterocycles. The van der Waals surface area contributed by atoms with E-state index in [1.165, 1.54) is 0 Å². The van der Waals surface area contributed by atoms with E-state index in [9.17, 15) is 4.79 Å². The SMILES string of the molecule is O=C(C1=C(c2ccc(N3CC[C@H](Oc4c(Cl)cccc4Cl)C3)cc2)C[C@@H]2CNC[C@H]1N2)N(Cc1cccc(Cl)c1Cl)C1CC1. The summed E-state index contributed by atoms with van der Waals surface area (Å²) in [6, 6.07) is 20.2. The largest absolute Gasteiger partial charge is 0.485 e. The second-order valence-corrected chi connectivity index (χ2v) is 13.7. The number of halogens is 4. The Hall–Kier alpha value is -2.45. The smallest absolute Gasteiger partial charge is 0.252 e. The second kappa shape index (κ2) is 12.7. The van der Waals surface area contributed by atoms with Crippen LogP contribution in [0.4, 0.5) is 5.69 Å². The number of hydrogen-bond donors (Lipinski definition) is 2. The maximum atomic E-state index is 14.5. The van der Waals surface area contributed by atoms with Crippen molar-refractivity contribution in [2.24, 2.45) is 0 Å². The molecule has 1 saturated carbocycles. The number of anilines is 1. The maximum absolute atomic E-state index is 14.5. The highest BCUT2D eigenvalue weighted by Crippen LogP contribution is 2.39. The van der Waals surface area contributed by atoms with Crippen LogP contribution in [-0.4, -0.2) is 61.2 Å². The van der Waals surface area contributed by atoms with Gasteiger partial charge in [-0.25, -0.2) is 0 Å². The molecular formula is C34H34Cl4N4O2. The molecule has 3 aromatic carbocycles. The van der Waals surface area contributed by atoms with Crippen molar-refractivity contribution in [1.82, 2.24) is 15.5 Å². The monoisotopic (exact) mass is 670 g/mol. The predicted octanol–water partition coefficient (Wildman–Crippen LogP) is 7.24. The van der Waals surface area contributed by atoms with Gasteiger partial charge in [-0.2, -0.15) is 0 Å². The van der Waals surface area contributed by atoms with E-state index in [2.05, 4.69) is 39.8 Å². The summed E-state index contributed by atoms with van der Waals surface area (Å²) in [6.07, 6.45) is 3.67. The van der Waals surface area contributed by atoms with E-state index in [4.69, 9.17) is 51.1 Å². The van der Waals surface area contributed by atoms with Gasteiger partial charge < -0.3 is 25.2 Å². The molecule has 2 bridgehead atoms. The van der Waals surface area contributed by atoms with Gasteiger partial charge in [-0.05, 0) is 66.3 Å². The average Bonchev–Trinajstić information content (AvgIpc) is 3.76. The molecule has 6 nitrogen and oxygen atoms in total. The van der Waals surface area contributed by atoms with Crippen molar-refractivity contribution in [3.63, 3.8) is 0 Å². The number of amides is 1. The van der Waals surface area contributed by atoms with Gasteiger partial charge in [0.05, 0.1) is 32.7 Å². The number of fused-ring (bicyclic) bond motifs is 2. The highest BCUT2D eigenvalue weighted by atomic mass is 35.5. The minimum Gasteiger partial charge on any atom is -0.485 e. The zero-order valence-electron chi connectivity index (χ0n) is 24.2. The van der Waals surface area contributed by atoms with E-state index >= 15 is 0 Å². The first-order chi connectivity index (χ1) is 21.4. The van der Waals surface area contributed by atoms with Gasteiger partial charge in [-0.1, -0.05) is 76.7 Å². The summed E-state index contributed by atoms with van der Waals surface area (Å²) in [5.74, 6) is 0.631. The van der Waals surface area contributed by atoms with E-state index < -0.39 is 0 Å². The van der Waals surface area contributed by atoms with Crippen LogP contribution < -0.4 is 20.3 Å². The Balaban J connectivity index is 1.14. The van der Waals surface area contributed by atoms with Crippen molar-refractivity contribution in [1.29, 1.82) is 0 Å². The lowest BCUT2D eigenvalue weighted by Gasteiger charge is -2.41. The predicted molar refractivity (Wildman–Crippen MR) is 179 cm³/mol. The van der Waals surface area contributed by atoms with Crippen molar-refractivity contribution in [2.75, 3.05) is 31.1 Å². The summed E-state index contributed by atoms with van der Waals surface area (Å²) >= 11 is 25.6. The van der Waals surface area contributed by atoms with Crippen molar-refractivity contribution >= 4 is 63.6 Å². The quantitative estimate of drug-likeness (QED) is 0.265. The number of carbonyl (C=O) groups excluding carboxylic acids is 1. The number of carbonyl (C=O) groups is 1. The van der Waals surface area contributed by atoms with E-state index in [0.717, 1.165) is 79.8 Å². The summed E-state index contributed by atoms with van der Waals surface area (Å²) in [5.41, 5.74) is 5.10. The molecule has 2 N–H and O–H groups in total. The number of benzene rings is 3. The van der Waals surface area contributed by atoms with Crippen LogP contribution in [0.15, 0.2) is 66.2 Å². The molecule has 2 saturated heterocycles. The van der Waals surface area contributed by atoms with E-state index in [1.807, 2.05) is 23.1 Å². The molecule has 10 heteroatoms. The van der Waals surface area contributed by atoms with Gasteiger partial charge in [0.1, 0.15) is 6.10 Å². The van der Waals surface area contributed by atoms with Crippen molar-refractivity contribution < 1.29 is 9.53 Å². The summed E-state index contributed by atoms with van der Waals surface area (Å²) in [4.78, 5) is 18.8. The number of ether oxygens (including phenoxy) is 1. The third-order valence-corrected chi connectivity index (χ3v) is 10.5. The number of para-hydroxylation sites is 1. The Kier molecular flexibility index (Phi) is 8.75. The highest BCUT2D eigenvalue weighted by molar-refractivity contribution is 6.42. The molecule has 0 unspecified atom stereocenters. The fraction of sp³-hybridized carbons (Fsp3) is 0.382. The Morgan fingerprint density at radius 1 is 0.909 bits per heavy atom. The van der Waals surface area contributed by atoms with Crippen molar-refractivity contribution in [3.05, 3.63) is 97.5 Å².